The van der Waals surface area contributed by atoms with E-state index in [4.69, 9.17) is 11.6 Å². The molecule has 0 radical (unpaired) electrons. The van der Waals surface area contributed by atoms with Gasteiger partial charge in [0.2, 0.25) is 5.91 Å². The van der Waals surface area contributed by atoms with Crippen LogP contribution in [0.3, 0.4) is 0 Å². The van der Waals surface area contributed by atoms with Crippen molar-refractivity contribution in [3.63, 3.8) is 0 Å². The van der Waals surface area contributed by atoms with Crippen molar-refractivity contribution in [2.24, 2.45) is 23.7 Å². The van der Waals surface area contributed by atoms with Gasteiger partial charge in [0.25, 0.3) is 0 Å². The van der Waals surface area contributed by atoms with Crippen LogP contribution in [0.15, 0.2) is 0 Å². The van der Waals surface area contributed by atoms with Gasteiger partial charge in [-0.3, -0.25) is 4.79 Å². The Morgan fingerprint density at radius 1 is 1.20 bits per heavy atom. The van der Waals surface area contributed by atoms with Crippen LogP contribution in [-0.4, -0.2) is 29.8 Å². The third-order valence-electron chi connectivity index (χ3n) is 4.80. The Morgan fingerprint density at radius 3 is 2.33 bits per heavy atom. The lowest BCUT2D eigenvalue weighted by Crippen LogP contribution is -2.30. The number of alkyl halides is 1. The van der Waals surface area contributed by atoms with Gasteiger partial charge in [-0.2, -0.15) is 0 Å². The highest BCUT2D eigenvalue weighted by molar-refractivity contribution is 6.18. The molecule has 1 aliphatic heterocycles. The molecule has 4 unspecified atom stereocenters. The number of hydrogen-bond donors (Lipinski definition) is 0. The van der Waals surface area contributed by atoms with Crippen molar-refractivity contribution in [2.45, 2.75) is 25.7 Å². The van der Waals surface area contributed by atoms with E-state index >= 15 is 0 Å². The molecule has 2 saturated carbocycles. The number of nitrogens with zero attached hydrogens (tertiary/aromatic N) is 1. The fraction of sp³-hybridized carbons (Fsp3) is 0.917. The predicted octanol–water partition coefficient (Wildman–Crippen LogP) is 2.12. The minimum absolute atomic E-state index is 0.277. The lowest BCUT2D eigenvalue weighted by Gasteiger charge is -2.22. The summed E-state index contributed by atoms with van der Waals surface area (Å²) < 4.78 is 0. The van der Waals surface area contributed by atoms with Gasteiger partial charge in [-0.1, -0.05) is 0 Å². The predicted molar refractivity (Wildman–Crippen MR) is 59.7 cm³/mol. The number of likely N-dealkylation sites (tertiary alicyclic amines) is 1. The van der Waals surface area contributed by atoms with E-state index in [0.717, 1.165) is 36.8 Å². The van der Waals surface area contributed by atoms with Gasteiger partial charge in [0, 0.05) is 25.4 Å². The first-order valence-electron chi connectivity index (χ1n) is 6.13. The fourth-order valence-electron chi connectivity index (χ4n) is 4.12. The molecule has 3 aliphatic rings. The second kappa shape index (κ2) is 3.65. The first-order chi connectivity index (χ1) is 7.29. The van der Waals surface area contributed by atoms with Crippen molar-refractivity contribution in [2.75, 3.05) is 19.0 Å². The Morgan fingerprint density at radius 2 is 1.80 bits per heavy atom. The molecule has 0 N–H and O–H groups in total. The molecule has 84 valence electrons. The van der Waals surface area contributed by atoms with Crippen molar-refractivity contribution >= 4 is 17.5 Å². The quantitative estimate of drug-likeness (QED) is 0.662. The van der Waals surface area contributed by atoms with Crippen molar-refractivity contribution in [1.29, 1.82) is 0 Å². The van der Waals surface area contributed by atoms with E-state index in [-0.39, 0.29) is 5.91 Å². The summed E-state index contributed by atoms with van der Waals surface area (Å²) in [6.07, 6.45) is 4.82. The van der Waals surface area contributed by atoms with Gasteiger partial charge in [0.15, 0.2) is 0 Å². The molecule has 15 heavy (non-hydrogen) atoms. The van der Waals surface area contributed by atoms with E-state index in [1.807, 2.05) is 0 Å². The zero-order chi connectivity index (χ0) is 10.4. The summed E-state index contributed by atoms with van der Waals surface area (Å²) in [5, 5.41) is 0. The van der Waals surface area contributed by atoms with E-state index in [9.17, 15) is 4.79 Å². The minimum Gasteiger partial charge on any atom is -0.342 e. The Kier molecular flexibility index (Phi) is 2.42. The van der Waals surface area contributed by atoms with Gasteiger partial charge in [-0.05, 0) is 42.9 Å². The number of carbonyl (C=O) groups is 1. The Bertz CT molecular complexity index is 263. The molecule has 3 rings (SSSR count). The molecular formula is C12H18ClNO. The van der Waals surface area contributed by atoms with Gasteiger partial charge in [0.1, 0.15) is 0 Å². The van der Waals surface area contributed by atoms with E-state index in [2.05, 4.69) is 4.90 Å². The molecule has 1 saturated heterocycles. The van der Waals surface area contributed by atoms with Gasteiger partial charge in [-0.15, -0.1) is 11.6 Å². The maximum atomic E-state index is 11.8. The molecule has 0 spiro atoms. The highest BCUT2D eigenvalue weighted by Gasteiger charge is 2.52. The minimum atomic E-state index is 0.277. The van der Waals surface area contributed by atoms with Crippen molar-refractivity contribution in [3.8, 4) is 0 Å². The van der Waals surface area contributed by atoms with Crippen molar-refractivity contribution in [1.82, 2.24) is 4.90 Å². The van der Waals surface area contributed by atoms with Crippen LogP contribution in [-0.2, 0) is 4.79 Å². The highest BCUT2D eigenvalue weighted by atomic mass is 35.5. The zero-order valence-corrected chi connectivity index (χ0v) is 9.75. The SMILES string of the molecule is O=C(CCCl)N1CC2C3CCC(C3)C2C1. The molecule has 0 aromatic heterocycles. The lowest BCUT2D eigenvalue weighted by molar-refractivity contribution is -0.130. The normalized spacial score (nSPS) is 42.3. The molecule has 2 nitrogen and oxygen atoms in total. The lowest BCUT2D eigenvalue weighted by atomic mass is 9.82. The average molecular weight is 228 g/mol. The molecule has 0 aromatic rings. The van der Waals surface area contributed by atoms with E-state index in [0.29, 0.717) is 12.3 Å². The van der Waals surface area contributed by atoms with Crippen LogP contribution >= 0.6 is 11.6 Å². The molecule has 4 atom stereocenters. The molecule has 0 aromatic carbocycles. The van der Waals surface area contributed by atoms with Crippen LogP contribution in [0.25, 0.3) is 0 Å². The van der Waals surface area contributed by atoms with Gasteiger partial charge in [0.05, 0.1) is 0 Å². The van der Waals surface area contributed by atoms with E-state index in [1.165, 1.54) is 19.3 Å². The Balaban J connectivity index is 1.66. The van der Waals surface area contributed by atoms with Crippen molar-refractivity contribution in [3.05, 3.63) is 0 Å². The molecule has 3 heteroatoms. The number of hydrogen-bond acceptors (Lipinski definition) is 1. The summed E-state index contributed by atoms with van der Waals surface area (Å²) in [6, 6.07) is 0. The zero-order valence-electron chi connectivity index (χ0n) is 8.99. The maximum Gasteiger partial charge on any atom is 0.223 e. The van der Waals surface area contributed by atoms with Gasteiger partial charge >= 0.3 is 0 Å². The largest absolute Gasteiger partial charge is 0.342 e. The second-order valence-corrected chi connectivity index (χ2v) is 5.78. The van der Waals surface area contributed by atoms with Crippen LogP contribution in [0.1, 0.15) is 25.7 Å². The number of fused-ring (bicyclic) bond motifs is 5. The summed E-state index contributed by atoms with van der Waals surface area (Å²) in [4.78, 5) is 13.8. The van der Waals surface area contributed by atoms with Crippen LogP contribution in [0, 0.1) is 23.7 Å². The summed E-state index contributed by atoms with van der Waals surface area (Å²) in [6.45, 7) is 2.06. The molecule has 1 amide bonds. The first-order valence-corrected chi connectivity index (χ1v) is 6.67. The van der Waals surface area contributed by atoms with Crippen LogP contribution < -0.4 is 0 Å². The highest BCUT2D eigenvalue weighted by Crippen LogP contribution is 2.55. The molecular weight excluding hydrogens is 210 g/mol. The summed E-state index contributed by atoms with van der Waals surface area (Å²) >= 11 is 5.62. The van der Waals surface area contributed by atoms with Crippen LogP contribution in [0.5, 0.6) is 0 Å². The number of carbonyl (C=O) groups excluding carboxylic acids is 1. The Hall–Kier alpha value is -0.240. The summed E-state index contributed by atoms with van der Waals surface area (Å²) in [5.74, 6) is 4.30. The number of halogens is 1. The van der Waals surface area contributed by atoms with E-state index in [1.54, 1.807) is 0 Å². The van der Waals surface area contributed by atoms with Gasteiger partial charge in [-0.25, -0.2) is 0 Å². The number of rotatable bonds is 2. The van der Waals surface area contributed by atoms with E-state index < -0.39 is 0 Å². The molecule has 1 heterocycles. The Labute approximate surface area is 96.0 Å². The standard InChI is InChI=1S/C12H18ClNO/c13-4-3-12(15)14-6-10-8-1-2-9(5-8)11(10)7-14/h8-11H,1-7H2. The van der Waals surface area contributed by atoms with Crippen molar-refractivity contribution < 1.29 is 4.79 Å². The molecule has 3 fully saturated rings. The topological polar surface area (TPSA) is 20.3 Å². The maximum absolute atomic E-state index is 11.8. The van der Waals surface area contributed by atoms with Crippen LogP contribution in [0.2, 0.25) is 0 Å². The van der Waals surface area contributed by atoms with Crippen LogP contribution in [0.4, 0.5) is 0 Å². The molecule has 2 bridgehead atoms. The summed E-state index contributed by atoms with van der Waals surface area (Å²) in [5.41, 5.74) is 0. The van der Waals surface area contributed by atoms with Gasteiger partial charge < -0.3 is 4.90 Å². The smallest absolute Gasteiger partial charge is 0.223 e. The summed E-state index contributed by atoms with van der Waals surface area (Å²) in [7, 11) is 0. The fourth-order valence-corrected chi connectivity index (χ4v) is 4.29. The first kappa shape index (κ1) is 9.95. The third kappa shape index (κ3) is 1.49. The molecule has 2 aliphatic carbocycles. The number of amides is 1. The second-order valence-electron chi connectivity index (χ2n) is 5.40. The monoisotopic (exact) mass is 227 g/mol. The third-order valence-corrected chi connectivity index (χ3v) is 4.99. The average Bonchev–Trinajstić information content (AvgIpc) is 2.90.